The monoisotopic (exact) mass is 345 g/mol. The van der Waals surface area contributed by atoms with Gasteiger partial charge in [0, 0.05) is 47.7 Å². The molecular weight excluding hydrogens is 331 g/mol. The van der Waals surface area contributed by atoms with Gasteiger partial charge in [0.2, 0.25) is 0 Å². The van der Waals surface area contributed by atoms with Crippen molar-refractivity contribution >= 4 is 22.6 Å². The number of hydrogen-bond acceptors (Lipinski definition) is 1. The molecule has 0 saturated carbocycles. The summed E-state index contributed by atoms with van der Waals surface area (Å²) >= 11 is 0. The molecular formula is C18H14F3N3O. The van der Waals surface area contributed by atoms with Crippen LogP contribution in [-0.4, -0.2) is 22.5 Å². The third kappa shape index (κ3) is 2.82. The average molecular weight is 345 g/mol. The normalized spacial score (nSPS) is 13.8. The van der Waals surface area contributed by atoms with E-state index in [1.165, 1.54) is 23.1 Å². The second-order valence-corrected chi connectivity index (χ2v) is 6.00. The van der Waals surface area contributed by atoms with Gasteiger partial charge in [-0.1, -0.05) is 0 Å². The van der Waals surface area contributed by atoms with E-state index in [0.29, 0.717) is 19.0 Å². The van der Waals surface area contributed by atoms with E-state index in [1.807, 2.05) is 0 Å². The summed E-state index contributed by atoms with van der Waals surface area (Å²) in [6.45, 7) is 0.727. The Hall–Kier alpha value is -2.96. The zero-order valence-electron chi connectivity index (χ0n) is 13.1. The van der Waals surface area contributed by atoms with Crippen molar-refractivity contribution in [2.24, 2.45) is 0 Å². The van der Waals surface area contributed by atoms with Crippen molar-refractivity contribution in [2.75, 3.05) is 11.9 Å². The van der Waals surface area contributed by atoms with E-state index in [0.717, 1.165) is 28.2 Å². The average Bonchev–Trinajstić information content (AvgIpc) is 2.94. The molecule has 0 saturated heterocycles. The third-order valence-electron chi connectivity index (χ3n) is 4.40. The molecule has 1 aliphatic heterocycles. The minimum Gasteiger partial charge on any atom is -0.358 e. The second-order valence-electron chi connectivity index (χ2n) is 6.00. The highest BCUT2D eigenvalue weighted by Crippen LogP contribution is 2.28. The molecule has 0 fully saturated rings. The Morgan fingerprint density at radius 3 is 2.64 bits per heavy atom. The first kappa shape index (κ1) is 15.6. The number of rotatable bonds is 1. The number of hydrogen-bond donors (Lipinski definition) is 2. The SMILES string of the molecule is O=C(Nc1ccc(F)cc1F)N1CCc2[nH]c3ccc(F)cc3c2C1. The van der Waals surface area contributed by atoms with Crippen molar-refractivity contribution in [3.05, 3.63) is 65.1 Å². The van der Waals surface area contributed by atoms with Crippen molar-refractivity contribution < 1.29 is 18.0 Å². The van der Waals surface area contributed by atoms with Crippen molar-refractivity contribution in [2.45, 2.75) is 13.0 Å². The van der Waals surface area contributed by atoms with E-state index in [1.54, 1.807) is 6.07 Å². The van der Waals surface area contributed by atoms with Crippen molar-refractivity contribution in [1.82, 2.24) is 9.88 Å². The van der Waals surface area contributed by atoms with E-state index in [2.05, 4.69) is 10.3 Å². The molecule has 3 aromatic rings. The van der Waals surface area contributed by atoms with Crippen LogP contribution in [0.5, 0.6) is 0 Å². The predicted molar refractivity (Wildman–Crippen MR) is 87.7 cm³/mol. The lowest BCUT2D eigenvalue weighted by Gasteiger charge is -2.27. The second kappa shape index (κ2) is 5.84. The maximum atomic E-state index is 13.7. The third-order valence-corrected chi connectivity index (χ3v) is 4.40. The van der Waals surface area contributed by atoms with Gasteiger partial charge in [-0.25, -0.2) is 18.0 Å². The van der Waals surface area contributed by atoms with Crippen LogP contribution in [-0.2, 0) is 13.0 Å². The Balaban J connectivity index is 1.58. The van der Waals surface area contributed by atoms with E-state index < -0.39 is 17.7 Å². The van der Waals surface area contributed by atoms with Gasteiger partial charge >= 0.3 is 6.03 Å². The number of benzene rings is 2. The van der Waals surface area contributed by atoms with E-state index in [9.17, 15) is 18.0 Å². The number of aromatic amines is 1. The van der Waals surface area contributed by atoms with Crippen molar-refractivity contribution in [3.8, 4) is 0 Å². The van der Waals surface area contributed by atoms with Gasteiger partial charge in [-0.15, -0.1) is 0 Å². The molecule has 0 unspecified atom stereocenters. The molecule has 7 heteroatoms. The van der Waals surface area contributed by atoms with Crippen LogP contribution in [0.15, 0.2) is 36.4 Å². The molecule has 2 N–H and O–H groups in total. The standard InChI is InChI=1S/C18H14F3N3O/c19-10-1-3-15-12(7-10)13-9-24(6-5-16(13)22-15)18(25)23-17-4-2-11(20)8-14(17)21/h1-4,7-8,22H,5-6,9H2,(H,23,25). The highest BCUT2D eigenvalue weighted by Gasteiger charge is 2.24. The molecule has 0 aliphatic carbocycles. The van der Waals surface area contributed by atoms with Crippen LogP contribution < -0.4 is 5.32 Å². The summed E-state index contributed by atoms with van der Waals surface area (Å²) in [5, 5.41) is 3.19. The lowest BCUT2D eigenvalue weighted by Crippen LogP contribution is -2.38. The van der Waals surface area contributed by atoms with Gasteiger partial charge in [-0.2, -0.15) is 0 Å². The first-order valence-electron chi connectivity index (χ1n) is 7.81. The van der Waals surface area contributed by atoms with Gasteiger partial charge in [-0.3, -0.25) is 0 Å². The molecule has 1 aromatic heterocycles. The first-order valence-corrected chi connectivity index (χ1v) is 7.81. The maximum Gasteiger partial charge on any atom is 0.322 e. The molecule has 1 aliphatic rings. The van der Waals surface area contributed by atoms with Crippen LogP contribution in [0.3, 0.4) is 0 Å². The highest BCUT2D eigenvalue weighted by atomic mass is 19.1. The first-order chi connectivity index (χ1) is 12.0. The lowest BCUT2D eigenvalue weighted by molar-refractivity contribution is 0.206. The van der Waals surface area contributed by atoms with Gasteiger partial charge in [0.25, 0.3) is 0 Å². The molecule has 4 nitrogen and oxygen atoms in total. The molecule has 2 aromatic carbocycles. The fourth-order valence-corrected chi connectivity index (χ4v) is 3.14. The number of anilines is 1. The number of carbonyl (C=O) groups excluding carboxylic acids is 1. The Labute approximate surface area is 141 Å². The minimum atomic E-state index is -0.833. The molecule has 0 bridgehead atoms. The Morgan fingerprint density at radius 1 is 1.08 bits per heavy atom. The zero-order valence-corrected chi connectivity index (χ0v) is 13.1. The van der Waals surface area contributed by atoms with Gasteiger partial charge < -0.3 is 15.2 Å². The van der Waals surface area contributed by atoms with Gasteiger partial charge in [0.1, 0.15) is 17.5 Å². The molecule has 0 spiro atoms. The fourth-order valence-electron chi connectivity index (χ4n) is 3.14. The Morgan fingerprint density at radius 2 is 1.84 bits per heavy atom. The summed E-state index contributed by atoms with van der Waals surface area (Å²) in [5.41, 5.74) is 2.56. The van der Waals surface area contributed by atoms with Crippen LogP contribution >= 0.6 is 0 Å². The summed E-state index contributed by atoms with van der Waals surface area (Å²) in [5.74, 6) is -1.89. The van der Waals surface area contributed by atoms with Crippen LogP contribution in [0.25, 0.3) is 10.9 Å². The summed E-state index contributed by atoms with van der Waals surface area (Å²) in [6, 6.07) is 6.97. The van der Waals surface area contributed by atoms with E-state index >= 15 is 0 Å². The van der Waals surface area contributed by atoms with E-state index in [-0.39, 0.29) is 18.0 Å². The number of fused-ring (bicyclic) bond motifs is 3. The summed E-state index contributed by atoms with van der Waals surface area (Å²) in [4.78, 5) is 17.2. The number of halogens is 3. The Kier molecular flexibility index (Phi) is 3.63. The molecule has 2 amide bonds. The Bertz CT molecular complexity index is 983. The van der Waals surface area contributed by atoms with Crippen LogP contribution in [0.2, 0.25) is 0 Å². The number of nitrogens with zero attached hydrogens (tertiary/aromatic N) is 1. The number of amides is 2. The smallest absolute Gasteiger partial charge is 0.322 e. The summed E-state index contributed by atoms with van der Waals surface area (Å²) in [6.07, 6.45) is 0.588. The van der Waals surface area contributed by atoms with Crippen molar-refractivity contribution in [3.63, 3.8) is 0 Å². The molecule has 4 rings (SSSR count). The van der Waals surface area contributed by atoms with Gasteiger partial charge in [0.05, 0.1) is 5.69 Å². The quantitative estimate of drug-likeness (QED) is 0.683. The van der Waals surface area contributed by atoms with Crippen molar-refractivity contribution in [1.29, 1.82) is 0 Å². The van der Waals surface area contributed by atoms with E-state index in [4.69, 9.17) is 0 Å². The predicted octanol–water partition coefficient (Wildman–Crippen LogP) is 4.18. The number of nitrogens with one attached hydrogen (secondary N) is 2. The molecule has 0 radical (unpaired) electrons. The van der Waals surface area contributed by atoms with Crippen LogP contribution in [0, 0.1) is 17.5 Å². The number of H-pyrrole nitrogens is 1. The topological polar surface area (TPSA) is 48.1 Å². The number of carbonyl (C=O) groups is 1. The number of aromatic nitrogens is 1. The van der Waals surface area contributed by atoms with Gasteiger partial charge in [-0.05, 0) is 30.3 Å². The minimum absolute atomic E-state index is 0.0813. The summed E-state index contributed by atoms with van der Waals surface area (Å²) < 4.78 is 40.2. The number of urea groups is 1. The zero-order chi connectivity index (χ0) is 17.6. The fraction of sp³-hybridized carbons (Fsp3) is 0.167. The summed E-state index contributed by atoms with van der Waals surface area (Å²) in [7, 11) is 0. The van der Waals surface area contributed by atoms with Crippen LogP contribution in [0.4, 0.5) is 23.7 Å². The highest BCUT2D eigenvalue weighted by molar-refractivity contribution is 5.91. The molecule has 128 valence electrons. The van der Waals surface area contributed by atoms with Crippen LogP contribution in [0.1, 0.15) is 11.3 Å². The molecule has 0 atom stereocenters. The molecule has 2 heterocycles. The maximum absolute atomic E-state index is 13.7. The lowest BCUT2D eigenvalue weighted by atomic mass is 10.0. The largest absolute Gasteiger partial charge is 0.358 e. The molecule has 25 heavy (non-hydrogen) atoms. The van der Waals surface area contributed by atoms with Gasteiger partial charge in [0.15, 0.2) is 0 Å².